The Morgan fingerprint density at radius 2 is 2.00 bits per heavy atom. The molecule has 0 aliphatic carbocycles. The van der Waals surface area contributed by atoms with Gasteiger partial charge in [-0.1, -0.05) is 6.07 Å². The van der Waals surface area contributed by atoms with Crippen molar-refractivity contribution in [1.29, 1.82) is 0 Å². The first kappa shape index (κ1) is 16.9. The lowest BCUT2D eigenvalue weighted by Gasteiger charge is -2.08. The van der Waals surface area contributed by atoms with Crippen molar-refractivity contribution in [3.8, 4) is 17.2 Å². The molecule has 0 fully saturated rings. The van der Waals surface area contributed by atoms with E-state index in [1.165, 1.54) is 6.20 Å². The first-order valence-corrected chi connectivity index (χ1v) is 8.75. The van der Waals surface area contributed by atoms with Crippen molar-refractivity contribution in [2.24, 2.45) is 0 Å². The summed E-state index contributed by atoms with van der Waals surface area (Å²) in [5, 5.41) is 3.21. The predicted octanol–water partition coefficient (Wildman–Crippen LogP) is 1.20. The number of rotatable bonds is 4. The molecule has 5 rings (SSSR count). The van der Waals surface area contributed by atoms with Crippen LogP contribution >= 0.6 is 0 Å². The summed E-state index contributed by atoms with van der Waals surface area (Å²) in [6.45, 7) is 0.509. The molecular weight excluding hydrogens is 376 g/mol. The summed E-state index contributed by atoms with van der Waals surface area (Å²) < 4.78 is 11.6. The fourth-order valence-electron chi connectivity index (χ4n) is 3.02. The summed E-state index contributed by atoms with van der Waals surface area (Å²) in [4.78, 5) is 40.7. The van der Waals surface area contributed by atoms with Crippen molar-refractivity contribution in [3.05, 3.63) is 75.3 Å². The summed E-state index contributed by atoms with van der Waals surface area (Å²) in [6, 6.07) is 10.4. The molecule has 2 N–H and O–H groups in total. The quantitative estimate of drug-likeness (QED) is 0.533. The van der Waals surface area contributed by atoms with E-state index in [4.69, 9.17) is 9.47 Å². The number of nitrogens with zero attached hydrogens (tertiary/aromatic N) is 4. The Bertz CT molecular complexity index is 1330. The molecule has 0 saturated heterocycles. The molecule has 29 heavy (non-hydrogen) atoms. The highest BCUT2D eigenvalue weighted by Gasteiger charge is 2.17. The minimum absolute atomic E-state index is 0.101. The highest BCUT2D eigenvalue weighted by Crippen LogP contribution is 2.33. The van der Waals surface area contributed by atoms with Crippen LogP contribution in [0.1, 0.15) is 5.69 Å². The second-order valence-electron chi connectivity index (χ2n) is 6.24. The number of H-pyrrole nitrogens is 1. The number of nitrogens with one attached hydrogen (secondary N) is 2. The van der Waals surface area contributed by atoms with Gasteiger partial charge in [0.1, 0.15) is 5.39 Å². The molecule has 4 heterocycles. The van der Waals surface area contributed by atoms with Gasteiger partial charge in [0.25, 0.3) is 5.56 Å². The zero-order valence-electron chi connectivity index (χ0n) is 15.0. The lowest BCUT2D eigenvalue weighted by Crippen LogP contribution is -2.34. The van der Waals surface area contributed by atoms with E-state index in [9.17, 15) is 9.59 Å². The molecule has 10 heteroatoms. The molecule has 4 aromatic rings. The van der Waals surface area contributed by atoms with Crippen LogP contribution in [0.5, 0.6) is 11.5 Å². The standard InChI is InChI=1S/C19H14N6O4/c26-17-13-9-22-18(21-8-11-3-1-2-6-20-11)23-16(13)24-19(27)25(17)12-4-5-14-15(7-12)29-10-28-14/h1-7,9H,8,10H2,(H2,21,22,23,24,27). The Balaban J connectivity index is 1.52. The molecule has 0 spiro atoms. The van der Waals surface area contributed by atoms with Gasteiger partial charge in [-0.05, 0) is 24.3 Å². The molecule has 3 aromatic heterocycles. The van der Waals surface area contributed by atoms with Gasteiger partial charge >= 0.3 is 5.69 Å². The molecule has 0 bridgehead atoms. The maximum atomic E-state index is 12.9. The van der Waals surface area contributed by atoms with E-state index in [1.807, 2.05) is 18.2 Å². The number of hydrogen-bond acceptors (Lipinski definition) is 8. The average molecular weight is 390 g/mol. The van der Waals surface area contributed by atoms with Crippen molar-refractivity contribution in [2.45, 2.75) is 6.54 Å². The molecule has 0 radical (unpaired) electrons. The van der Waals surface area contributed by atoms with Gasteiger partial charge in [0.05, 0.1) is 17.9 Å². The lowest BCUT2D eigenvalue weighted by atomic mass is 10.2. The zero-order chi connectivity index (χ0) is 19.8. The summed E-state index contributed by atoms with van der Waals surface area (Å²) in [6.07, 6.45) is 3.07. The maximum Gasteiger partial charge on any atom is 0.334 e. The molecule has 0 amide bonds. The topological polar surface area (TPSA) is 124 Å². The Labute approximate surface area is 162 Å². The van der Waals surface area contributed by atoms with E-state index in [0.29, 0.717) is 23.7 Å². The molecule has 0 saturated carbocycles. The van der Waals surface area contributed by atoms with Gasteiger partial charge in [0.2, 0.25) is 12.7 Å². The van der Waals surface area contributed by atoms with E-state index in [-0.39, 0.29) is 23.8 Å². The van der Waals surface area contributed by atoms with Crippen molar-refractivity contribution in [3.63, 3.8) is 0 Å². The Hall–Kier alpha value is -4.21. The van der Waals surface area contributed by atoms with Crippen LogP contribution in [-0.2, 0) is 6.54 Å². The molecule has 1 aromatic carbocycles. The summed E-state index contributed by atoms with van der Waals surface area (Å²) in [5.41, 5.74) is 0.174. The number of aromatic nitrogens is 5. The van der Waals surface area contributed by atoms with Gasteiger partial charge in [-0.2, -0.15) is 4.98 Å². The Morgan fingerprint density at radius 1 is 1.10 bits per heavy atom. The number of anilines is 1. The van der Waals surface area contributed by atoms with Crippen LogP contribution in [-0.4, -0.2) is 31.3 Å². The number of pyridine rings is 1. The molecule has 10 nitrogen and oxygen atoms in total. The second kappa shape index (κ2) is 6.75. The van der Waals surface area contributed by atoms with Crippen LogP contribution in [0.4, 0.5) is 5.95 Å². The van der Waals surface area contributed by atoms with Gasteiger partial charge in [0.15, 0.2) is 17.1 Å². The van der Waals surface area contributed by atoms with E-state index in [2.05, 4.69) is 25.3 Å². The maximum absolute atomic E-state index is 12.9. The van der Waals surface area contributed by atoms with Crippen LogP contribution in [0.15, 0.2) is 58.4 Å². The fourth-order valence-corrected chi connectivity index (χ4v) is 3.02. The number of benzene rings is 1. The van der Waals surface area contributed by atoms with Gasteiger partial charge < -0.3 is 14.8 Å². The summed E-state index contributed by atoms with van der Waals surface area (Å²) >= 11 is 0. The van der Waals surface area contributed by atoms with Crippen molar-refractivity contribution < 1.29 is 9.47 Å². The average Bonchev–Trinajstić information content (AvgIpc) is 3.21. The SMILES string of the molecule is O=c1[nH]c2nc(NCc3ccccn3)ncc2c(=O)n1-c1ccc2c(c1)OCO2. The zero-order valence-corrected chi connectivity index (χ0v) is 15.0. The van der Waals surface area contributed by atoms with Crippen LogP contribution in [0, 0.1) is 0 Å². The van der Waals surface area contributed by atoms with Crippen LogP contribution in [0.3, 0.4) is 0 Å². The van der Waals surface area contributed by atoms with Crippen LogP contribution in [0.2, 0.25) is 0 Å². The minimum atomic E-state index is -0.615. The van der Waals surface area contributed by atoms with E-state index >= 15 is 0 Å². The monoisotopic (exact) mass is 390 g/mol. The highest BCUT2D eigenvalue weighted by atomic mass is 16.7. The van der Waals surface area contributed by atoms with Crippen molar-refractivity contribution >= 4 is 17.0 Å². The Kier molecular flexibility index (Phi) is 3.94. The normalized spacial score (nSPS) is 12.3. The first-order chi connectivity index (χ1) is 14.2. The van der Waals surface area contributed by atoms with Crippen molar-refractivity contribution in [2.75, 3.05) is 12.1 Å². The van der Waals surface area contributed by atoms with Crippen LogP contribution < -0.4 is 26.0 Å². The van der Waals surface area contributed by atoms with Gasteiger partial charge in [0, 0.05) is 18.5 Å². The third-order valence-electron chi connectivity index (χ3n) is 4.42. The summed E-state index contributed by atoms with van der Waals surface area (Å²) in [5.74, 6) is 1.31. The lowest BCUT2D eigenvalue weighted by molar-refractivity contribution is 0.174. The number of aromatic amines is 1. The largest absolute Gasteiger partial charge is 0.454 e. The third-order valence-corrected chi connectivity index (χ3v) is 4.42. The highest BCUT2D eigenvalue weighted by molar-refractivity contribution is 5.73. The molecule has 1 aliphatic rings. The van der Waals surface area contributed by atoms with Gasteiger partial charge in [-0.15, -0.1) is 0 Å². The molecule has 1 aliphatic heterocycles. The van der Waals surface area contributed by atoms with E-state index < -0.39 is 11.2 Å². The third kappa shape index (κ3) is 3.06. The molecule has 0 atom stereocenters. The Morgan fingerprint density at radius 3 is 2.86 bits per heavy atom. The molecule has 0 unspecified atom stereocenters. The number of fused-ring (bicyclic) bond motifs is 2. The van der Waals surface area contributed by atoms with Crippen molar-refractivity contribution in [1.82, 2.24) is 24.5 Å². The van der Waals surface area contributed by atoms with Gasteiger partial charge in [-0.25, -0.2) is 14.3 Å². The van der Waals surface area contributed by atoms with E-state index in [1.54, 1.807) is 24.4 Å². The molecular formula is C19H14N6O4. The molecule has 144 valence electrons. The van der Waals surface area contributed by atoms with Crippen LogP contribution in [0.25, 0.3) is 16.7 Å². The summed E-state index contributed by atoms with van der Waals surface area (Å²) in [7, 11) is 0. The van der Waals surface area contributed by atoms with E-state index in [0.717, 1.165) is 10.3 Å². The number of ether oxygens (including phenoxy) is 2. The minimum Gasteiger partial charge on any atom is -0.454 e. The number of hydrogen-bond donors (Lipinski definition) is 2. The predicted molar refractivity (Wildman–Crippen MR) is 103 cm³/mol. The first-order valence-electron chi connectivity index (χ1n) is 8.75. The smallest absolute Gasteiger partial charge is 0.334 e. The van der Waals surface area contributed by atoms with Gasteiger partial charge in [-0.3, -0.25) is 14.8 Å². The second-order valence-corrected chi connectivity index (χ2v) is 6.24. The fraction of sp³-hybridized carbons (Fsp3) is 0.105.